The lowest BCUT2D eigenvalue weighted by molar-refractivity contribution is -0.144. The molecule has 0 saturated heterocycles. The molecule has 2 rings (SSSR count). The van der Waals surface area contributed by atoms with E-state index in [0.29, 0.717) is 12.2 Å². The summed E-state index contributed by atoms with van der Waals surface area (Å²) in [6.45, 7) is 4.69. The van der Waals surface area contributed by atoms with Gasteiger partial charge in [-0.3, -0.25) is 14.3 Å². The van der Waals surface area contributed by atoms with E-state index < -0.39 is 17.8 Å². The standard InChI is InChI=1S/C19H26N4O4/c1-12-17(13(2)23(4)21-12)11-22(3)10-14(19(26)27)8-18(25)20-15-6-5-7-16(24)9-15/h5-7,9,14,24H,8,10-11H2,1-4H3,(H,20,25)(H,26,27)/t14-/m1/s1. The molecule has 8 nitrogen and oxygen atoms in total. The third kappa shape index (κ3) is 5.55. The van der Waals surface area contributed by atoms with Gasteiger partial charge in [0.1, 0.15) is 5.75 Å². The summed E-state index contributed by atoms with van der Waals surface area (Å²) < 4.78 is 1.80. The van der Waals surface area contributed by atoms with Crippen molar-refractivity contribution in [2.45, 2.75) is 26.8 Å². The number of carboxylic acid groups (broad SMARTS) is 1. The Hall–Kier alpha value is -2.87. The van der Waals surface area contributed by atoms with Crippen molar-refractivity contribution < 1.29 is 19.8 Å². The number of aryl methyl sites for hydroxylation is 2. The SMILES string of the molecule is Cc1nn(C)c(C)c1CN(C)C[C@@H](CC(=O)Nc1cccc(O)c1)C(=O)O. The van der Waals surface area contributed by atoms with Crippen LogP contribution in [0.2, 0.25) is 0 Å². The molecule has 0 radical (unpaired) electrons. The van der Waals surface area contributed by atoms with Crippen molar-refractivity contribution in [3.63, 3.8) is 0 Å². The van der Waals surface area contributed by atoms with E-state index in [1.807, 2.05) is 32.8 Å². The second-order valence-electron chi connectivity index (χ2n) is 6.81. The van der Waals surface area contributed by atoms with Gasteiger partial charge in [-0.05, 0) is 33.0 Å². The molecule has 0 aliphatic carbocycles. The number of rotatable bonds is 8. The van der Waals surface area contributed by atoms with Crippen molar-refractivity contribution >= 4 is 17.6 Å². The number of carbonyl (C=O) groups is 2. The molecule has 1 aromatic heterocycles. The van der Waals surface area contributed by atoms with Crippen molar-refractivity contribution in [2.24, 2.45) is 13.0 Å². The number of phenolic OH excluding ortho intramolecular Hbond substituents is 1. The largest absolute Gasteiger partial charge is 0.508 e. The Labute approximate surface area is 158 Å². The summed E-state index contributed by atoms with van der Waals surface area (Å²) in [5.74, 6) is -2.24. The van der Waals surface area contributed by atoms with Gasteiger partial charge in [-0.2, -0.15) is 5.10 Å². The summed E-state index contributed by atoms with van der Waals surface area (Å²) in [6.07, 6.45) is -0.152. The topological polar surface area (TPSA) is 108 Å². The molecule has 27 heavy (non-hydrogen) atoms. The second kappa shape index (κ2) is 8.68. The summed E-state index contributed by atoms with van der Waals surface area (Å²) in [4.78, 5) is 25.7. The number of benzene rings is 1. The first kappa shape index (κ1) is 20.4. The van der Waals surface area contributed by atoms with Crippen LogP contribution in [0.4, 0.5) is 5.69 Å². The van der Waals surface area contributed by atoms with Gasteiger partial charge in [0.25, 0.3) is 0 Å². The van der Waals surface area contributed by atoms with Crippen LogP contribution in [-0.2, 0) is 23.2 Å². The fraction of sp³-hybridized carbons (Fsp3) is 0.421. The van der Waals surface area contributed by atoms with Gasteiger partial charge in [0.05, 0.1) is 11.6 Å². The van der Waals surface area contributed by atoms with Gasteiger partial charge >= 0.3 is 5.97 Å². The van der Waals surface area contributed by atoms with Crippen LogP contribution in [0, 0.1) is 19.8 Å². The lowest BCUT2D eigenvalue weighted by Crippen LogP contribution is -2.33. The van der Waals surface area contributed by atoms with E-state index in [9.17, 15) is 19.8 Å². The first-order valence-electron chi connectivity index (χ1n) is 8.66. The van der Waals surface area contributed by atoms with E-state index in [4.69, 9.17) is 0 Å². The molecule has 146 valence electrons. The molecule has 0 spiro atoms. The summed E-state index contributed by atoms with van der Waals surface area (Å²) in [6, 6.07) is 6.14. The molecule has 3 N–H and O–H groups in total. The van der Waals surface area contributed by atoms with Crippen LogP contribution in [0.3, 0.4) is 0 Å². The number of carbonyl (C=O) groups excluding carboxylic acids is 1. The highest BCUT2D eigenvalue weighted by Gasteiger charge is 2.24. The Morgan fingerprint density at radius 1 is 1.33 bits per heavy atom. The second-order valence-corrected chi connectivity index (χ2v) is 6.81. The number of aromatic hydroxyl groups is 1. The number of aromatic nitrogens is 2. The Balaban J connectivity index is 1.98. The smallest absolute Gasteiger partial charge is 0.308 e. The fourth-order valence-electron chi connectivity index (χ4n) is 3.01. The monoisotopic (exact) mass is 374 g/mol. The number of nitrogens with zero attached hydrogens (tertiary/aromatic N) is 3. The number of aliphatic carboxylic acids is 1. The van der Waals surface area contributed by atoms with Gasteiger partial charge in [0.15, 0.2) is 0 Å². The molecule has 0 aliphatic rings. The average molecular weight is 374 g/mol. The molecule has 0 aliphatic heterocycles. The number of hydrogen-bond acceptors (Lipinski definition) is 5. The van der Waals surface area contributed by atoms with Crippen molar-refractivity contribution in [1.82, 2.24) is 14.7 Å². The number of carboxylic acids is 1. The molecule has 1 amide bonds. The Bertz CT molecular complexity index is 831. The summed E-state index contributed by atoms with van der Waals surface area (Å²) >= 11 is 0. The van der Waals surface area contributed by atoms with E-state index in [1.165, 1.54) is 12.1 Å². The predicted octanol–water partition coefficient (Wildman–Crippen LogP) is 1.90. The third-order valence-electron chi connectivity index (χ3n) is 4.53. The maximum atomic E-state index is 12.2. The van der Waals surface area contributed by atoms with Crippen LogP contribution in [0.5, 0.6) is 5.75 Å². The molecule has 1 heterocycles. The molecule has 0 unspecified atom stereocenters. The van der Waals surface area contributed by atoms with Crippen molar-refractivity contribution in [2.75, 3.05) is 18.9 Å². The maximum absolute atomic E-state index is 12.2. The zero-order valence-electron chi connectivity index (χ0n) is 16.1. The number of nitrogens with one attached hydrogen (secondary N) is 1. The molecule has 1 atom stereocenters. The fourth-order valence-corrected chi connectivity index (χ4v) is 3.01. The van der Waals surface area contributed by atoms with Gasteiger partial charge in [-0.25, -0.2) is 0 Å². The number of phenols is 1. The molecular formula is C19H26N4O4. The van der Waals surface area contributed by atoms with Gasteiger partial charge in [0.2, 0.25) is 5.91 Å². The molecule has 0 bridgehead atoms. The van der Waals surface area contributed by atoms with Gasteiger partial charge < -0.3 is 20.4 Å². The van der Waals surface area contributed by atoms with E-state index in [2.05, 4.69) is 10.4 Å². The quantitative estimate of drug-likeness (QED) is 0.651. The summed E-state index contributed by atoms with van der Waals surface area (Å²) in [5.41, 5.74) is 3.44. The Kier molecular flexibility index (Phi) is 6.57. The van der Waals surface area contributed by atoms with Crippen LogP contribution >= 0.6 is 0 Å². The molecule has 0 saturated carbocycles. The van der Waals surface area contributed by atoms with Crippen molar-refractivity contribution in [3.8, 4) is 5.75 Å². The van der Waals surface area contributed by atoms with E-state index in [0.717, 1.165) is 17.0 Å². The normalized spacial score (nSPS) is 12.2. The van der Waals surface area contributed by atoms with E-state index in [-0.39, 0.29) is 18.7 Å². The number of anilines is 1. The zero-order chi connectivity index (χ0) is 20.1. The zero-order valence-corrected chi connectivity index (χ0v) is 16.1. The maximum Gasteiger partial charge on any atom is 0.308 e. The van der Waals surface area contributed by atoms with E-state index in [1.54, 1.807) is 16.8 Å². The molecule has 1 aromatic carbocycles. The average Bonchev–Trinajstić information content (AvgIpc) is 2.80. The minimum absolute atomic E-state index is 0.0320. The minimum Gasteiger partial charge on any atom is -0.508 e. The van der Waals surface area contributed by atoms with Gasteiger partial charge in [-0.1, -0.05) is 6.07 Å². The Morgan fingerprint density at radius 2 is 2.04 bits per heavy atom. The highest BCUT2D eigenvalue weighted by atomic mass is 16.4. The highest BCUT2D eigenvalue weighted by Crippen LogP contribution is 2.18. The van der Waals surface area contributed by atoms with Crippen molar-refractivity contribution in [3.05, 3.63) is 41.2 Å². The van der Waals surface area contributed by atoms with Crippen LogP contribution < -0.4 is 5.32 Å². The number of amides is 1. The molecule has 8 heteroatoms. The van der Waals surface area contributed by atoms with E-state index >= 15 is 0 Å². The lowest BCUT2D eigenvalue weighted by Gasteiger charge is -2.21. The minimum atomic E-state index is -1.02. The molecular weight excluding hydrogens is 348 g/mol. The lowest BCUT2D eigenvalue weighted by atomic mass is 10.0. The Morgan fingerprint density at radius 3 is 2.59 bits per heavy atom. The van der Waals surface area contributed by atoms with Gasteiger partial charge in [0, 0.05) is 49.6 Å². The van der Waals surface area contributed by atoms with Crippen LogP contribution in [-0.4, -0.2) is 50.4 Å². The number of hydrogen-bond donors (Lipinski definition) is 3. The first-order valence-corrected chi connectivity index (χ1v) is 8.66. The van der Waals surface area contributed by atoms with Crippen molar-refractivity contribution in [1.29, 1.82) is 0 Å². The first-order chi connectivity index (χ1) is 12.7. The predicted molar refractivity (Wildman–Crippen MR) is 101 cm³/mol. The van der Waals surface area contributed by atoms with Crippen LogP contribution in [0.25, 0.3) is 0 Å². The summed E-state index contributed by atoms with van der Waals surface area (Å²) in [5, 5.41) is 25.9. The van der Waals surface area contributed by atoms with Crippen LogP contribution in [0.15, 0.2) is 24.3 Å². The van der Waals surface area contributed by atoms with Crippen LogP contribution in [0.1, 0.15) is 23.4 Å². The summed E-state index contributed by atoms with van der Waals surface area (Å²) in [7, 11) is 3.70. The highest BCUT2D eigenvalue weighted by molar-refractivity contribution is 5.93. The van der Waals surface area contributed by atoms with Gasteiger partial charge in [-0.15, -0.1) is 0 Å². The molecule has 2 aromatic rings. The third-order valence-corrected chi connectivity index (χ3v) is 4.53. The molecule has 0 fully saturated rings.